The van der Waals surface area contributed by atoms with Crippen LogP contribution in [0.4, 0.5) is 11.4 Å². The zero-order valence-electron chi connectivity index (χ0n) is 14.1. The van der Waals surface area contributed by atoms with E-state index < -0.39 is 4.92 Å². The Hall–Kier alpha value is -1.96. The molecule has 0 atom stereocenters. The van der Waals surface area contributed by atoms with Gasteiger partial charge >= 0.3 is 0 Å². The molecule has 2 rings (SSSR count). The Morgan fingerprint density at radius 2 is 2.12 bits per heavy atom. The fourth-order valence-electron chi connectivity index (χ4n) is 2.38. The minimum absolute atomic E-state index is 0.0160. The Bertz CT molecular complexity index is 763. The van der Waals surface area contributed by atoms with Crippen LogP contribution in [-0.2, 0) is 11.3 Å². The first-order valence-electron chi connectivity index (χ1n) is 7.90. The average Bonchev–Trinajstić information content (AvgIpc) is 2.98. The molecule has 0 bridgehead atoms. The van der Waals surface area contributed by atoms with Crippen LogP contribution in [0.25, 0.3) is 0 Å². The van der Waals surface area contributed by atoms with E-state index in [4.69, 9.17) is 11.6 Å². The van der Waals surface area contributed by atoms with Crippen molar-refractivity contribution in [3.05, 3.63) is 55.2 Å². The quantitative estimate of drug-likeness (QED) is 0.540. The highest BCUT2D eigenvalue weighted by Crippen LogP contribution is 2.23. The van der Waals surface area contributed by atoms with Crippen molar-refractivity contribution in [3.63, 3.8) is 0 Å². The van der Waals surface area contributed by atoms with E-state index in [-0.39, 0.29) is 11.6 Å². The molecule has 0 aliphatic carbocycles. The van der Waals surface area contributed by atoms with Crippen LogP contribution < -0.4 is 5.32 Å². The molecule has 134 valence electrons. The fraction of sp³-hybridized carbons (Fsp3) is 0.353. The normalized spacial score (nSPS) is 10.9. The van der Waals surface area contributed by atoms with Gasteiger partial charge in [-0.25, -0.2) is 0 Å². The lowest BCUT2D eigenvalue weighted by Gasteiger charge is -2.19. The van der Waals surface area contributed by atoms with Gasteiger partial charge in [-0.2, -0.15) is 0 Å². The molecule has 1 aromatic carbocycles. The Morgan fingerprint density at radius 3 is 2.68 bits per heavy atom. The number of hydrogen-bond donors (Lipinski definition) is 1. The van der Waals surface area contributed by atoms with Crippen molar-refractivity contribution in [2.45, 2.75) is 26.8 Å². The van der Waals surface area contributed by atoms with Crippen molar-refractivity contribution < 1.29 is 9.72 Å². The highest BCUT2D eigenvalue weighted by Gasteiger charge is 2.12. The maximum atomic E-state index is 12.2. The number of nitrogens with zero attached hydrogens (tertiary/aromatic N) is 2. The van der Waals surface area contributed by atoms with Crippen molar-refractivity contribution in [1.29, 1.82) is 0 Å². The lowest BCUT2D eigenvalue weighted by atomic mass is 10.1. The summed E-state index contributed by atoms with van der Waals surface area (Å²) < 4.78 is 0.762. The number of carbonyl (C=O) groups excluding carboxylic acids is 1. The van der Waals surface area contributed by atoms with Crippen LogP contribution in [0, 0.1) is 17.0 Å². The highest BCUT2D eigenvalue weighted by molar-refractivity contribution is 7.16. The summed E-state index contributed by atoms with van der Waals surface area (Å²) in [6, 6.07) is 8.28. The standard InChI is InChI=1S/C17H20ClN3O3S/c1-3-20(11-14-5-7-16(18)25-14)9-8-17(22)19-15-6-4-13(21(23)24)10-12(15)2/h4-7,10H,3,8-9,11H2,1-2H3,(H,19,22). The third kappa shape index (κ3) is 5.81. The maximum absolute atomic E-state index is 12.2. The van der Waals surface area contributed by atoms with Crippen LogP contribution in [0.2, 0.25) is 4.34 Å². The maximum Gasteiger partial charge on any atom is 0.269 e. The molecule has 0 saturated heterocycles. The summed E-state index contributed by atoms with van der Waals surface area (Å²) in [4.78, 5) is 25.8. The van der Waals surface area contributed by atoms with Crippen molar-refractivity contribution >= 4 is 40.2 Å². The second-order valence-electron chi connectivity index (χ2n) is 5.63. The van der Waals surface area contributed by atoms with Gasteiger partial charge in [0.1, 0.15) is 0 Å². The number of amides is 1. The molecule has 0 aliphatic rings. The first-order valence-corrected chi connectivity index (χ1v) is 9.10. The van der Waals surface area contributed by atoms with Gasteiger partial charge in [0.15, 0.2) is 0 Å². The number of benzene rings is 1. The molecule has 0 fully saturated rings. The summed E-state index contributed by atoms with van der Waals surface area (Å²) in [7, 11) is 0. The summed E-state index contributed by atoms with van der Waals surface area (Å²) in [5.41, 5.74) is 1.29. The van der Waals surface area contributed by atoms with Crippen LogP contribution in [-0.4, -0.2) is 28.8 Å². The molecule has 1 heterocycles. The molecule has 0 radical (unpaired) electrons. The first kappa shape index (κ1) is 19.4. The molecule has 0 aliphatic heterocycles. The van der Waals surface area contributed by atoms with Crippen LogP contribution in [0.1, 0.15) is 23.8 Å². The predicted octanol–water partition coefficient (Wildman–Crippen LogP) is 4.47. The summed E-state index contributed by atoms with van der Waals surface area (Å²) in [6.07, 6.45) is 0.351. The van der Waals surface area contributed by atoms with Gasteiger partial charge in [0.2, 0.25) is 5.91 Å². The van der Waals surface area contributed by atoms with E-state index in [1.165, 1.54) is 17.0 Å². The number of anilines is 1. The second kappa shape index (κ2) is 8.94. The molecule has 0 unspecified atom stereocenters. The van der Waals surface area contributed by atoms with Gasteiger partial charge in [-0.1, -0.05) is 18.5 Å². The molecule has 8 heteroatoms. The van der Waals surface area contributed by atoms with E-state index in [0.717, 1.165) is 17.4 Å². The van der Waals surface area contributed by atoms with Gasteiger partial charge in [0, 0.05) is 42.2 Å². The van der Waals surface area contributed by atoms with E-state index in [9.17, 15) is 14.9 Å². The summed E-state index contributed by atoms with van der Waals surface area (Å²) in [5, 5.41) is 13.6. The number of aryl methyl sites for hydroxylation is 1. The summed E-state index contributed by atoms with van der Waals surface area (Å²) in [6.45, 7) is 6.01. The number of nitrogens with one attached hydrogen (secondary N) is 1. The van der Waals surface area contributed by atoms with E-state index in [1.807, 2.05) is 19.1 Å². The minimum atomic E-state index is -0.450. The predicted molar refractivity (Wildman–Crippen MR) is 101 cm³/mol. The third-order valence-electron chi connectivity index (χ3n) is 3.81. The topological polar surface area (TPSA) is 75.5 Å². The number of carbonyl (C=O) groups is 1. The van der Waals surface area contributed by atoms with Crippen molar-refractivity contribution in [1.82, 2.24) is 4.90 Å². The van der Waals surface area contributed by atoms with Gasteiger partial charge in [0.25, 0.3) is 5.69 Å². The van der Waals surface area contributed by atoms with Gasteiger partial charge in [-0.15, -0.1) is 11.3 Å². The van der Waals surface area contributed by atoms with Crippen LogP contribution in [0.3, 0.4) is 0 Å². The SMILES string of the molecule is CCN(CCC(=O)Nc1ccc([N+](=O)[O-])cc1C)Cc1ccc(Cl)s1. The van der Waals surface area contributed by atoms with Gasteiger partial charge < -0.3 is 5.32 Å². The van der Waals surface area contributed by atoms with E-state index in [2.05, 4.69) is 10.2 Å². The van der Waals surface area contributed by atoms with Gasteiger partial charge in [0.05, 0.1) is 9.26 Å². The molecule has 25 heavy (non-hydrogen) atoms. The minimum Gasteiger partial charge on any atom is -0.326 e. The van der Waals surface area contributed by atoms with E-state index in [0.29, 0.717) is 24.2 Å². The highest BCUT2D eigenvalue weighted by atomic mass is 35.5. The van der Waals surface area contributed by atoms with Crippen LogP contribution in [0.15, 0.2) is 30.3 Å². The molecular formula is C17H20ClN3O3S. The number of rotatable bonds is 8. The van der Waals surface area contributed by atoms with Crippen molar-refractivity contribution in [2.24, 2.45) is 0 Å². The first-order chi connectivity index (χ1) is 11.9. The fourth-order valence-corrected chi connectivity index (χ4v) is 3.51. The van der Waals surface area contributed by atoms with Gasteiger partial charge in [-0.05, 0) is 37.2 Å². The number of non-ortho nitro benzene ring substituents is 1. The summed E-state index contributed by atoms with van der Waals surface area (Å²) >= 11 is 7.49. The Morgan fingerprint density at radius 1 is 1.36 bits per heavy atom. The number of nitro benzene ring substituents is 1. The van der Waals surface area contributed by atoms with Crippen LogP contribution in [0.5, 0.6) is 0 Å². The zero-order valence-corrected chi connectivity index (χ0v) is 15.7. The molecule has 2 aromatic rings. The number of hydrogen-bond acceptors (Lipinski definition) is 5. The lowest BCUT2D eigenvalue weighted by Crippen LogP contribution is -2.27. The summed E-state index contributed by atoms with van der Waals surface area (Å²) in [5.74, 6) is -0.111. The lowest BCUT2D eigenvalue weighted by molar-refractivity contribution is -0.384. The Labute approximate surface area is 155 Å². The smallest absolute Gasteiger partial charge is 0.269 e. The number of nitro groups is 1. The molecule has 0 saturated carbocycles. The average molecular weight is 382 g/mol. The molecule has 1 amide bonds. The number of halogens is 1. The second-order valence-corrected chi connectivity index (χ2v) is 7.43. The zero-order chi connectivity index (χ0) is 18.4. The molecular weight excluding hydrogens is 362 g/mol. The Kier molecular flexibility index (Phi) is 6.92. The molecule has 6 nitrogen and oxygen atoms in total. The molecule has 0 spiro atoms. The van der Waals surface area contributed by atoms with Crippen molar-refractivity contribution in [2.75, 3.05) is 18.4 Å². The monoisotopic (exact) mass is 381 g/mol. The number of thiophene rings is 1. The van der Waals surface area contributed by atoms with Crippen LogP contribution >= 0.6 is 22.9 Å². The largest absolute Gasteiger partial charge is 0.326 e. The third-order valence-corrected chi connectivity index (χ3v) is 5.02. The molecule has 1 aromatic heterocycles. The van der Waals surface area contributed by atoms with E-state index >= 15 is 0 Å². The van der Waals surface area contributed by atoms with Gasteiger partial charge in [-0.3, -0.25) is 19.8 Å². The Balaban J connectivity index is 1.88. The van der Waals surface area contributed by atoms with Crippen molar-refractivity contribution in [3.8, 4) is 0 Å². The van der Waals surface area contributed by atoms with E-state index in [1.54, 1.807) is 24.3 Å². The molecule has 1 N–H and O–H groups in total.